The highest BCUT2D eigenvalue weighted by Crippen LogP contribution is 2.27. The Hall–Kier alpha value is -0.900. The van der Waals surface area contributed by atoms with Crippen LogP contribution < -0.4 is 5.90 Å². The molecule has 1 atom stereocenters. The SMILES string of the molecule is Cc1cc(C)c(C)c(C(O)CON)c1C. The van der Waals surface area contributed by atoms with Crippen LogP contribution in [0.15, 0.2) is 6.07 Å². The molecule has 0 saturated heterocycles. The van der Waals surface area contributed by atoms with Crippen LogP contribution in [0.1, 0.15) is 33.9 Å². The molecule has 0 heterocycles. The van der Waals surface area contributed by atoms with Crippen molar-refractivity contribution in [3.63, 3.8) is 0 Å². The van der Waals surface area contributed by atoms with Crippen LogP contribution >= 0.6 is 0 Å². The molecule has 1 rings (SSSR count). The summed E-state index contributed by atoms with van der Waals surface area (Å²) in [6, 6.07) is 2.13. The molecule has 15 heavy (non-hydrogen) atoms. The van der Waals surface area contributed by atoms with E-state index in [1.807, 2.05) is 27.7 Å². The Morgan fingerprint density at radius 3 is 2.07 bits per heavy atom. The molecule has 0 saturated carbocycles. The number of aryl methyl sites for hydroxylation is 2. The van der Waals surface area contributed by atoms with E-state index < -0.39 is 6.10 Å². The molecule has 3 heteroatoms. The highest BCUT2D eigenvalue weighted by atomic mass is 16.6. The zero-order valence-electron chi connectivity index (χ0n) is 9.79. The van der Waals surface area contributed by atoms with Crippen molar-refractivity contribution >= 4 is 0 Å². The van der Waals surface area contributed by atoms with Gasteiger partial charge in [-0.2, -0.15) is 0 Å². The van der Waals surface area contributed by atoms with Crippen LogP contribution in [-0.4, -0.2) is 11.7 Å². The number of nitrogens with two attached hydrogens (primary N) is 1. The lowest BCUT2D eigenvalue weighted by molar-refractivity contribution is 0.0352. The molecule has 3 nitrogen and oxygen atoms in total. The fraction of sp³-hybridized carbons (Fsp3) is 0.500. The van der Waals surface area contributed by atoms with Crippen molar-refractivity contribution in [2.24, 2.45) is 5.90 Å². The topological polar surface area (TPSA) is 55.5 Å². The molecule has 0 amide bonds. The van der Waals surface area contributed by atoms with Crippen LogP contribution in [0.5, 0.6) is 0 Å². The number of aliphatic hydroxyl groups is 1. The van der Waals surface area contributed by atoms with Crippen LogP contribution in [0.3, 0.4) is 0 Å². The number of rotatable bonds is 3. The van der Waals surface area contributed by atoms with Gasteiger partial charge in [0.2, 0.25) is 0 Å². The predicted molar refractivity (Wildman–Crippen MR) is 60.5 cm³/mol. The summed E-state index contributed by atoms with van der Waals surface area (Å²) in [6.07, 6.45) is -0.645. The van der Waals surface area contributed by atoms with Crippen molar-refractivity contribution in [3.05, 3.63) is 33.9 Å². The van der Waals surface area contributed by atoms with Crippen molar-refractivity contribution in [2.45, 2.75) is 33.8 Å². The van der Waals surface area contributed by atoms with Gasteiger partial charge < -0.3 is 9.94 Å². The van der Waals surface area contributed by atoms with Crippen molar-refractivity contribution in [3.8, 4) is 0 Å². The summed E-state index contributed by atoms with van der Waals surface area (Å²) < 4.78 is 0. The lowest BCUT2D eigenvalue weighted by Gasteiger charge is -2.19. The minimum Gasteiger partial charge on any atom is -0.386 e. The van der Waals surface area contributed by atoms with Gasteiger partial charge in [0.1, 0.15) is 6.10 Å². The summed E-state index contributed by atoms with van der Waals surface area (Å²) >= 11 is 0. The second-order valence-corrected chi connectivity index (χ2v) is 4.02. The van der Waals surface area contributed by atoms with Gasteiger partial charge in [0.15, 0.2) is 0 Å². The Balaban J connectivity index is 3.26. The van der Waals surface area contributed by atoms with Crippen molar-refractivity contribution in [2.75, 3.05) is 6.61 Å². The quantitative estimate of drug-likeness (QED) is 0.747. The standard InChI is InChI=1S/C12H19NO2/c1-7-5-8(2)10(4)12(9(7)3)11(14)6-15-13/h5,11,14H,6,13H2,1-4H3. The highest BCUT2D eigenvalue weighted by Gasteiger charge is 2.16. The zero-order valence-corrected chi connectivity index (χ0v) is 9.79. The summed E-state index contributed by atoms with van der Waals surface area (Å²) in [4.78, 5) is 4.50. The van der Waals surface area contributed by atoms with Gasteiger partial charge >= 0.3 is 0 Å². The van der Waals surface area contributed by atoms with Gasteiger partial charge in [-0.25, -0.2) is 5.90 Å². The minimum absolute atomic E-state index is 0.130. The van der Waals surface area contributed by atoms with E-state index in [1.165, 1.54) is 11.1 Å². The highest BCUT2D eigenvalue weighted by molar-refractivity contribution is 5.45. The third-order valence-corrected chi connectivity index (χ3v) is 3.01. The first-order valence-corrected chi connectivity index (χ1v) is 5.06. The molecule has 0 aliphatic carbocycles. The van der Waals surface area contributed by atoms with E-state index >= 15 is 0 Å². The number of benzene rings is 1. The molecule has 0 aliphatic rings. The molecule has 0 bridgehead atoms. The maximum absolute atomic E-state index is 9.93. The third kappa shape index (κ3) is 2.37. The van der Waals surface area contributed by atoms with E-state index in [1.54, 1.807) is 0 Å². The Kier molecular flexibility index (Phi) is 3.85. The second kappa shape index (κ2) is 4.75. The first-order chi connectivity index (χ1) is 6.99. The van der Waals surface area contributed by atoms with E-state index in [0.29, 0.717) is 0 Å². The van der Waals surface area contributed by atoms with Crippen LogP contribution in [-0.2, 0) is 4.84 Å². The lowest BCUT2D eigenvalue weighted by Crippen LogP contribution is -2.14. The van der Waals surface area contributed by atoms with Gasteiger partial charge in [-0.3, -0.25) is 0 Å². The monoisotopic (exact) mass is 209 g/mol. The van der Waals surface area contributed by atoms with E-state index in [0.717, 1.165) is 16.7 Å². The molecule has 0 aromatic heterocycles. The fourth-order valence-corrected chi connectivity index (χ4v) is 1.92. The normalized spacial score (nSPS) is 12.9. The Labute approximate surface area is 90.8 Å². The van der Waals surface area contributed by atoms with Crippen molar-refractivity contribution in [1.29, 1.82) is 0 Å². The van der Waals surface area contributed by atoms with Crippen LogP contribution in [0, 0.1) is 27.7 Å². The molecule has 0 spiro atoms. The second-order valence-electron chi connectivity index (χ2n) is 4.02. The van der Waals surface area contributed by atoms with Gasteiger partial charge in [-0.15, -0.1) is 0 Å². The van der Waals surface area contributed by atoms with E-state index in [2.05, 4.69) is 10.9 Å². The van der Waals surface area contributed by atoms with E-state index in [-0.39, 0.29) is 6.61 Å². The Bertz CT molecular complexity index is 335. The first kappa shape index (κ1) is 12.2. The van der Waals surface area contributed by atoms with E-state index in [9.17, 15) is 5.11 Å². The summed E-state index contributed by atoms with van der Waals surface area (Å²) in [5.41, 5.74) is 5.54. The molecule has 84 valence electrons. The molecule has 0 aliphatic heterocycles. The number of hydrogen-bond acceptors (Lipinski definition) is 3. The number of aliphatic hydroxyl groups excluding tert-OH is 1. The van der Waals surface area contributed by atoms with E-state index in [4.69, 9.17) is 5.90 Å². The molecule has 3 N–H and O–H groups in total. The molecule has 0 radical (unpaired) electrons. The minimum atomic E-state index is -0.645. The number of hydrogen-bond donors (Lipinski definition) is 2. The molecular weight excluding hydrogens is 190 g/mol. The largest absolute Gasteiger partial charge is 0.386 e. The van der Waals surface area contributed by atoms with Gasteiger partial charge in [0, 0.05) is 0 Å². The van der Waals surface area contributed by atoms with Gasteiger partial charge in [0.25, 0.3) is 0 Å². The van der Waals surface area contributed by atoms with Crippen LogP contribution in [0.4, 0.5) is 0 Å². The summed E-state index contributed by atoms with van der Waals surface area (Å²) in [5, 5.41) is 9.93. The summed E-state index contributed by atoms with van der Waals surface area (Å²) in [6.45, 7) is 8.24. The first-order valence-electron chi connectivity index (χ1n) is 5.06. The molecule has 0 fully saturated rings. The average molecular weight is 209 g/mol. The third-order valence-electron chi connectivity index (χ3n) is 3.01. The van der Waals surface area contributed by atoms with Crippen molar-refractivity contribution < 1.29 is 9.94 Å². The summed E-state index contributed by atoms with van der Waals surface area (Å²) in [5.74, 6) is 4.98. The van der Waals surface area contributed by atoms with Crippen LogP contribution in [0.2, 0.25) is 0 Å². The molecule has 1 aromatic carbocycles. The molecule has 1 aromatic rings. The predicted octanol–water partition coefficient (Wildman–Crippen LogP) is 1.84. The Morgan fingerprint density at radius 1 is 1.20 bits per heavy atom. The molecular formula is C12H19NO2. The van der Waals surface area contributed by atoms with Crippen LogP contribution in [0.25, 0.3) is 0 Å². The zero-order chi connectivity index (χ0) is 11.6. The lowest BCUT2D eigenvalue weighted by atomic mass is 9.91. The van der Waals surface area contributed by atoms with Crippen molar-refractivity contribution in [1.82, 2.24) is 0 Å². The Morgan fingerprint density at radius 2 is 1.67 bits per heavy atom. The van der Waals surface area contributed by atoms with Gasteiger partial charge in [0.05, 0.1) is 6.61 Å². The maximum atomic E-state index is 9.93. The maximum Gasteiger partial charge on any atom is 0.105 e. The molecule has 1 unspecified atom stereocenters. The van der Waals surface area contributed by atoms with Gasteiger partial charge in [-0.1, -0.05) is 6.07 Å². The average Bonchev–Trinajstić information content (AvgIpc) is 2.16. The smallest absolute Gasteiger partial charge is 0.105 e. The summed E-state index contributed by atoms with van der Waals surface area (Å²) in [7, 11) is 0. The van der Waals surface area contributed by atoms with Gasteiger partial charge in [-0.05, 0) is 55.5 Å². The fourth-order valence-electron chi connectivity index (χ4n) is 1.92.